The number of rotatable bonds is 8. The molecular formula is C18H22Cl2N2O2. The van der Waals surface area contributed by atoms with Gasteiger partial charge in [0.15, 0.2) is 6.61 Å². The summed E-state index contributed by atoms with van der Waals surface area (Å²) >= 11 is 6.24. The van der Waals surface area contributed by atoms with Crippen LogP contribution in [0.25, 0.3) is 11.1 Å². The van der Waals surface area contributed by atoms with Gasteiger partial charge in [-0.05, 0) is 43.3 Å². The van der Waals surface area contributed by atoms with Crippen molar-refractivity contribution in [3.8, 4) is 16.9 Å². The number of hydrogen-bond donors (Lipinski definition) is 2. The van der Waals surface area contributed by atoms with Crippen LogP contribution in [0.1, 0.15) is 6.42 Å². The monoisotopic (exact) mass is 368 g/mol. The zero-order valence-electron chi connectivity index (χ0n) is 13.5. The van der Waals surface area contributed by atoms with Crippen LogP contribution in [0.2, 0.25) is 5.02 Å². The van der Waals surface area contributed by atoms with E-state index in [-0.39, 0.29) is 24.9 Å². The summed E-state index contributed by atoms with van der Waals surface area (Å²) in [6, 6.07) is 15.5. The average molecular weight is 369 g/mol. The van der Waals surface area contributed by atoms with Crippen LogP contribution in [0.15, 0.2) is 48.5 Å². The van der Waals surface area contributed by atoms with E-state index in [1.54, 1.807) is 6.07 Å². The van der Waals surface area contributed by atoms with E-state index in [9.17, 15) is 4.79 Å². The molecule has 2 aromatic carbocycles. The number of hydrogen-bond acceptors (Lipinski definition) is 3. The molecule has 6 heteroatoms. The van der Waals surface area contributed by atoms with Gasteiger partial charge in [0.2, 0.25) is 0 Å². The maximum atomic E-state index is 11.7. The highest BCUT2D eigenvalue weighted by atomic mass is 35.5. The summed E-state index contributed by atoms with van der Waals surface area (Å²) in [5.41, 5.74) is 2.10. The summed E-state index contributed by atoms with van der Waals surface area (Å²) < 4.78 is 5.49. The van der Waals surface area contributed by atoms with E-state index in [1.165, 1.54) is 0 Å². The Kier molecular flexibility index (Phi) is 9.23. The summed E-state index contributed by atoms with van der Waals surface area (Å²) in [7, 11) is 1.88. The van der Waals surface area contributed by atoms with Crippen molar-refractivity contribution in [3.63, 3.8) is 0 Å². The molecule has 0 bridgehead atoms. The van der Waals surface area contributed by atoms with E-state index in [1.807, 2.05) is 49.5 Å². The maximum Gasteiger partial charge on any atom is 0.257 e. The van der Waals surface area contributed by atoms with Gasteiger partial charge < -0.3 is 15.4 Å². The molecule has 4 nitrogen and oxygen atoms in total. The third-order valence-electron chi connectivity index (χ3n) is 3.32. The molecule has 0 aliphatic heterocycles. The average Bonchev–Trinajstić information content (AvgIpc) is 2.58. The van der Waals surface area contributed by atoms with E-state index >= 15 is 0 Å². The zero-order valence-corrected chi connectivity index (χ0v) is 15.1. The van der Waals surface area contributed by atoms with Gasteiger partial charge in [0.25, 0.3) is 5.91 Å². The first-order chi connectivity index (χ1) is 11.2. The van der Waals surface area contributed by atoms with Gasteiger partial charge in [-0.3, -0.25) is 4.79 Å². The maximum absolute atomic E-state index is 11.7. The zero-order chi connectivity index (χ0) is 16.5. The molecule has 24 heavy (non-hydrogen) atoms. The number of amides is 1. The molecule has 0 aliphatic rings. The summed E-state index contributed by atoms with van der Waals surface area (Å²) in [5.74, 6) is 0.362. The Hall–Kier alpha value is -1.75. The molecule has 2 aromatic rings. The number of nitrogens with one attached hydrogen (secondary N) is 2. The molecule has 0 saturated heterocycles. The summed E-state index contributed by atoms with van der Waals surface area (Å²) in [6.07, 6.45) is 0.884. The molecule has 0 aromatic heterocycles. The molecule has 2 rings (SSSR count). The van der Waals surface area contributed by atoms with E-state index in [4.69, 9.17) is 16.3 Å². The third-order valence-corrected chi connectivity index (χ3v) is 3.62. The lowest BCUT2D eigenvalue weighted by Gasteiger charge is -2.10. The van der Waals surface area contributed by atoms with Crippen LogP contribution in [0.5, 0.6) is 5.75 Å². The van der Waals surface area contributed by atoms with Crippen molar-refractivity contribution in [3.05, 3.63) is 53.6 Å². The Morgan fingerprint density at radius 2 is 1.83 bits per heavy atom. The van der Waals surface area contributed by atoms with Crippen molar-refractivity contribution >= 4 is 29.9 Å². The molecule has 2 N–H and O–H groups in total. The second-order valence-electron chi connectivity index (χ2n) is 5.11. The Balaban J connectivity index is 0.00000288. The van der Waals surface area contributed by atoms with E-state index < -0.39 is 0 Å². The van der Waals surface area contributed by atoms with Crippen molar-refractivity contribution in [1.82, 2.24) is 10.6 Å². The summed E-state index contributed by atoms with van der Waals surface area (Å²) in [4.78, 5) is 11.7. The number of benzene rings is 2. The van der Waals surface area contributed by atoms with Crippen LogP contribution in [0, 0.1) is 0 Å². The van der Waals surface area contributed by atoms with Crippen molar-refractivity contribution in [1.29, 1.82) is 0 Å². The van der Waals surface area contributed by atoms with Gasteiger partial charge in [0.1, 0.15) is 5.75 Å². The quantitative estimate of drug-likeness (QED) is 0.700. The number of ether oxygens (including phenoxy) is 1. The van der Waals surface area contributed by atoms with Crippen LogP contribution >= 0.6 is 24.0 Å². The molecule has 0 fully saturated rings. The molecule has 0 atom stereocenters. The Morgan fingerprint density at radius 1 is 1.08 bits per heavy atom. The van der Waals surface area contributed by atoms with Crippen molar-refractivity contribution in [2.75, 3.05) is 26.7 Å². The topological polar surface area (TPSA) is 50.4 Å². The Morgan fingerprint density at radius 3 is 2.50 bits per heavy atom. The van der Waals surface area contributed by atoms with Crippen molar-refractivity contribution < 1.29 is 9.53 Å². The van der Waals surface area contributed by atoms with Crippen LogP contribution in [0.3, 0.4) is 0 Å². The molecule has 0 spiro atoms. The van der Waals surface area contributed by atoms with E-state index in [2.05, 4.69) is 10.6 Å². The van der Waals surface area contributed by atoms with Crippen LogP contribution in [0.4, 0.5) is 0 Å². The highest BCUT2D eigenvalue weighted by Crippen LogP contribution is 2.30. The molecule has 0 aliphatic carbocycles. The van der Waals surface area contributed by atoms with E-state index in [0.717, 1.165) is 24.1 Å². The van der Waals surface area contributed by atoms with Gasteiger partial charge in [-0.2, -0.15) is 0 Å². The fourth-order valence-electron chi connectivity index (χ4n) is 2.12. The SMILES string of the molecule is CNCCCNC(=O)COc1ccc(-c2ccccc2)cc1Cl.Cl. The molecule has 1 amide bonds. The fourth-order valence-corrected chi connectivity index (χ4v) is 2.35. The normalized spacial score (nSPS) is 9.92. The minimum absolute atomic E-state index is 0. The fraction of sp³-hybridized carbons (Fsp3) is 0.278. The second kappa shape index (κ2) is 10.9. The van der Waals surface area contributed by atoms with Crippen LogP contribution in [-0.4, -0.2) is 32.7 Å². The van der Waals surface area contributed by atoms with Gasteiger partial charge in [0.05, 0.1) is 5.02 Å². The standard InChI is InChI=1S/C18H21ClN2O2.ClH/c1-20-10-5-11-21-18(22)13-23-17-9-8-15(12-16(17)19)14-6-3-2-4-7-14;/h2-4,6-9,12,20H,5,10-11,13H2,1H3,(H,21,22);1H. The first-order valence-corrected chi connectivity index (χ1v) is 7.97. The van der Waals surface area contributed by atoms with Crippen LogP contribution < -0.4 is 15.4 Å². The number of halogens is 2. The predicted molar refractivity (Wildman–Crippen MR) is 101 cm³/mol. The van der Waals surface area contributed by atoms with Gasteiger partial charge in [-0.15, -0.1) is 12.4 Å². The predicted octanol–water partition coefficient (Wildman–Crippen LogP) is 3.53. The van der Waals surface area contributed by atoms with Crippen molar-refractivity contribution in [2.45, 2.75) is 6.42 Å². The Bertz CT molecular complexity index is 636. The minimum Gasteiger partial charge on any atom is -0.482 e. The third kappa shape index (κ3) is 6.40. The highest BCUT2D eigenvalue weighted by molar-refractivity contribution is 6.32. The first-order valence-electron chi connectivity index (χ1n) is 7.60. The summed E-state index contributed by atoms with van der Waals surface area (Å²) in [5, 5.41) is 6.32. The lowest BCUT2D eigenvalue weighted by Crippen LogP contribution is -2.31. The molecule has 130 valence electrons. The Labute approximate surface area is 154 Å². The largest absolute Gasteiger partial charge is 0.482 e. The smallest absolute Gasteiger partial charge is 0.257 e. The van der Waals surface area contributed by atoms with Gasteiger partial charge in [-0.1, -0.05) is 48.0 Å². The van der Waals surface area contributed by atoms with Gasteiger partial charge in [-0.25, -0.2) is 0 Å². The highest BCUT2D eigenvalue weighted by Gasteiger charge is 2.07. The first kappa shape index (κ1) is 20.3. The van der Waals surface area contributed by atoms with E-state index in [0.29, 0.717) is 17.3 Å². The lowest BCUT2D eigenvalue weighted by molar-refractivity contribution is -0.123. The van der Waals surface area contributed by atoms with Gasteiger partial charge >= 0.3 is 0 Å². The second-order valence-corrected chi connectivity index (χ2v) is 5.51. The molecule has 0 radical (unpaired) electrons. The molecule has 0 heterocycles. The molecule has 0 saturated carbocycles. The van der Waals surface area contributed by atoms with Gasteiger partial charge in [0, 0.05) is 6.54 Å². The van der Waals surface area contributed by atoms with Crippen molar-refractivity contribution in [2.24, 2.45) is 0 Å². The number of carbonyl (C=O) groups is 1. The molecule has 0 unspecified atom stereocenters. The van der Waals surface area contributed by atoms with Crippen LogP contribution in [-0.2, 0) is 4.79 Å². The molecular weight excluding hydrogens is 347 g/mol. The summed E-state index contributed by atoms with van der Waals surface area (Å²) in [6.45, 7) is 1.46. The lowest BCUT2D eigenvalue weighted by atomic mass is 10.1. The minimum atomic E-state index is -0.149. The number of carbonyl (C=O) groups excluding carboxylic acids is 1.